The van der Waals surface area contributed by atoms with E-state index < -0.39 is 0 Å². The molecular formula is C21H19N3. The molecule has 0 spiro atoms. The van der Waals surface area contributed by atoms with Gasteiger partial charge in [-0.05, 0) is 36.6 Å². The number of benzene rings is 3. The van der Waals surface area contributed by atoms with E-state index in [0.29, 0.717) is 0 Å². The van der Waals surface area contributed by atoms with Crippen molar-refractivity contribution < 1.29 is 0 Å². The fraction of sp³-hybridized carbons (Fsp3) is 0.143. The molecule has 1 aromatic heterocycles. The van der Waals surface area contributed by atoms with Gasteiger partial charge in [0, 0.05) is 30.7 Å². The summed E-state index contributed by atoms with van der Waals surface area (Å²) in [4.78, 5) is 11.8. The molecule has 3 aromatic carbocycles. The molecule has 3 nitrogen and oxygen atoms in total. The molecule has 1 heterocycles. The van der Waals surface area contributed by atoms with Crippen LogP contribution >= 0.6 is 0 Å². The van der Waals surface area contributed by atoms with Gasteiger partial charge in [0.2, 0.25) is 0 Å². The van der Waals surface area contributed by atoms with Gasteiger partial charge >= 0.3 is 0 Å². The quantitative estimate of drug-likeness (QED) is 0.531. The summed E-state index contributed by atoms with van der Waals surface area (Å²) in [5.74, 6) is 0. The highest BCUT2D eigenvalue weighted by Gasteiger charge is 2.12. The number of para-hydroxylation sites is 2. The maximum atomic E-state index is 4.87. The van der Waals surface area contributed by atoms with Gasteiger partial charge in [0.25, 0.3) is 0 Å². The minimum atomic E-state index is 0.928. The second-order valence-corrected chi connectivity index (χ2v) is 6.26. The average molecular weight is 313 g/mol. The lowest BCUT2D eigenvalue weighted by Gasteiger charge is -2.18. The van der Waals surface area contributed by atoms with E-state index in [1.54, 1.807) is 0 Å². The molecule has 0 saturated carbocycles. The van der Waals surface area contributed by atoms with E-state index in [1.807, 2.05) is 31.2 Å². The molecule has 0 amide bonds. The molecule has 4 rings (SSSR count). The molecule has 3 heteroatoms. The van der Waals surface area contributed by atoms with Crippen LogP contribution in [0.5, 0.6) is 0 Å². The number of aryl methyl sites for hydroxylation is 1. The zero-order valence-corrected chi connectivity index (χ0v) is 14.1. The topological polar surface area (TPSA) is 29.0 Å². The fourth-order valence-corrected chi connectivity index (χ4v) is 3.16. The molecule has 0 radical (unpaired) electrons. The van der Waals surface area contributed by atoms with E-state index >= 15 is 0 Å². The Kier molecular flexibility index (Phi) is 3.42. The Hall–Kier alpha value is -2.94. The molecule has 0 unspecified atom stereocenters. The van der Waals surface area contributed by atoms with Gasteiger partial charge in [-0.25, -0.2) is 9.97 Å². The van der Waals surface area contributed by atoms with Gasteiger partial charge in [0.05, 0.1) is 22.4 Å². The van der Waals surface area contributed by atoms with Crippen molar-refractivity contribution in [3.63, 3.8) is 0 Å². The third-order valence-corrected chi connectivity index (χ3v) is 4.34. The summed E-state index contributed by atoms with van der Waals surface area (Å²) >= 11 is 0. The van der Waals surface area contributed by atoms with E-state index in [1.165, 1.54) is 16.5 Å². The number of hydrogen-bond acceptors (Lipinski definition) is 3. The van der Waals surface area contributed by atoms with Crippen LogP contribution in [-0.4, -0.2) is 24.1 Å². The standard InChI is InChI=1S/C21H19N3/c1-14-21(23-19-11-7-6-10-18(19)22-14)16-12-15-8-4-5-9-17(15)20(13-16)24(2)3/h4-13H,1-3H3. The molecule has 0 aliphatic rings. The molecule has 0 aliphatic carbocycles. The predicted molar refractivity (Wildman–Crippen MR) is 102 cm³/mol. The number of hydrogen-bond donors (Lipinski definition) is 0. The second kappa shape index (κ2) is 5.60. The van der Waals surface area contributed by atoms with Gasteiger partial charge in [-0.1, -0.05) is 36.4 Å². The number of anilines is 1. The number of fused-ring (bicyclic) bond motifs is 2. The van der Waals surface area contributed by atoms with Gasteiger partial charge < -0.3 is 4.90 Å². The first kappa shape index (κ1) is 14.6. The number of nitrogens with zero attached hydrogens (tertiary/aromatic N) is 3. The number of aromatic nitrogens is 2. The van der Waals surface area contributed by atoms with Crippen LogP contribution < -0.4 is 4.90 Å². The van der Waals surface area contributed by atoms with Crippen molar-refractivity contribution in [2.24, 2.45) is 0 Å². The highest BCUT2D eigenvalue weighted by molar-refractivity contribution is 5.98. The highest BCUT2D eigenvalue weighted by atomic mass is 15.1. The van der Waals surface area contributed by atoms with E-state index in [4.69, 9.17) is 9.97 Å². The third kappa shape index (κ3) is 2.38. The zero-order valence-electron chi connectivity index (χ0n) is 14.1. The van der Waals surface area contributed by atoms with Crippen LogP contribution in [0.25, 0.3) is 33.1 Å². The van der Waals surface area contributed by atoms with E-state index in [9.17, 15) is 0 Å². The predicted octanol–water partition coefficient (Wildman–Crippen LogP) is 4.82. The Labute approximate surface area is 141 Å². The summed E-state index contributed by atoms with van der Waals surface area (Å²) in [5, 5.41) is 2.46. The molecule has 0 bridgehead atoms. The molecule has 118 valence electrons. The van der Waals surface area contributed by atoms with E-state index in [-0.39, 0.29) is 0 Å². The molecule has 24 heavy (non-hydrogen) atoms. The summed E-state index contributed by atoms with van der Waals surface area (Å²) in [6.45, 7) is 2.03. The molecular weight excluding hydrogens is 294 g/mol. The Balaban J connectivity index is 2.01. The summed E-state index contributed by atoms with van der Waals surface area (Å²) in [5.41, 5.74) is 6.06. The van der Waals surface area contributed by atoms with Gasteiger partial charge in [-0.3, -0.25) is 0 Å². The van der Waals surface area contributed by atoms with Crippen LogP contribution in [0.15, 0.2) is 60.7 Å². The summed E-state index contributed by atoms with van der Waals surface area (Å²) < 4.78 is 0. The van der Waals surface area contributed by atoms with Crippen LogP contribution in [0, 0.1) is 6.92 Å². The molecule has 0 saturated heterocycles. The van der Waals surface area contributed by atoms with Crippen LogP contribution in [0.4, 0.5) is 5.69 Å². The van der Waals surface area contributed by atoms with Crippen molar-refractivity contribution in [2.75, 3.05) is 19.0 Å². The summed E-state index contributed by atoms with van der Waals surface area (Å²) in [6, 6.07) is 20.9. The van der Waals surface area contributed by atoms with Crippen molar-refractivity contribution in [3.8, 4) is 11.3 Å². The Bertz CT molecular complexity index is 1050. The van der Waals surface area contributed by atoms with Gasteiger partial charge in [0.1, 0.15) is 0 Å². The first-order chi connectivity index (χ1) is 11.6. The summed E-state index contributed by atoms with van der Waals surface area (Å²) in [7, 11) is 4.15. The van der Waals surface area contributed by atoms with Crippen LogP contribution in [0.1, 0.15) is 5.69 Å². The Morgan fingerprint density at radius 2 is 1.46 bits per heavy atom. The Morgan fingerprint density at radius 1 is 0.792 bits per heavy atom. The highest BCUT2D eigenvalue weighted by Crippen LogP contribution is 2.33. The SMILES string of the molecule is Cc1nc2ccccc2nc1-c1cc(N(C)C)c2ccccc2c1. The van der Waals surface area contributed by atoms with Gasteiger partial charge in [-0.2, -0.15) is 0 Å². The first-order valence-electron chi connectivity index (χ1n) is 8.07. The van der Waals surface area contributed by atoms with Crippen molar-refractivity contribution in [1.29, 1.82) is 0 Å². The Morgan fingerprint density at radius 3 is 2.21 bits per heavy atom. The molecule has 0 atom stereocenters. The minimum absolute atomic E-state index is 0.928. The molecule has 0 fully saturated rings. The zero-order chi connectivity index (χ0) is 16.7. The van der Waals surface area contributed by atoms with Crippen molar-refractivity contribution in [3.05, 3.63) is 66.4 Å². The fourth-order valence-electron chi connectivity index (χ4n) is 3.16. The smallest absolute Gasteiger partial charge is 0.0923 e. The lowest BCUT2D eigenvalue weighted by molar-refractivity contribution is 1.14. The monoisotopic (exact) mass is 313 g/mol. The second-order valence-electron chi connectivity index (χ2n) is 6.26. The van der Waals surface area contributed by atoms with Crippen LogP contribution in [0.2, 0.25) is 0 Å². The van der Waals surface area contributed by atoms with E-state index in [0.717, 1.165) is 28.0 Å². The van der Waals surface area contributed by atoms with Crippen LogP contribution in [-0.2, 0) is 0 Å². The van der Waals surface area contributed by atoms with Crippen molar-refractivity contribution in [1.82, 2.24) is 9.97 Å². The minimum Gasteiger partial charge on any atom is -0.377 e. The molecule has 4 aromatic rings. The lowest BCUT2D eigenvalue weighted by Crippen LogP contribution is -2.09. The van der Waals surface area contributed by atoms with Crippen molar-refractivity contribution >= 4 is 27.5 Å². The van der Waals surface area contributed by atoms with Gasteiger partial charge in [-0.15, -0.1) is 0 Å². The van der Waals surface area contributed by atoms with Gasteiger partial charge in [0.15, 0.2) is 0 Å². The largest absolute Gasteiger partial charge is 0.377 e. The lowest BCUT2D eigenvalue weighted by atomic mass is 10.0. The first-order valence-corrected chi connectivity index (χ1v) is 8.07. The molecule has 0 aliphatic heterocycles. The van der Waals surface area contributed by atoms with E-state index in [2.05, 4.69) is 55.4 Å². The summed E-state index contributed by atoms with van der Waals surface area (Å²) in [6.07, 6.45) is 0. The maximum absolute atomic E-state index is 4.87. The molecule has 0 N–H and O–H groups in total. The average Bonchev–Trinajstić information content (AvgIpc) is 2.60. The maximum Gasteiger partial charge on any atom is 0.0923 e. The van der Waals surface area contributed by atoms with Crippen LogP contribution in [0.3, 0.4) is 0 Å². The van der Waals surface area contributed by atoms with Crippen molar-refractivity contribution in [2.45, 2.75) is 6.92 Å². The third-order valence-electron chi connectivity index (χ3n) is 4.34. The normalized spacial score (nSPS) is 11.1. The number of rotatable bonds is 2.